The fourth-order valence-electron chi connectivity index (χ4n) is 3.00. The molecule has 2 N–H and O–H groups in total. The molecule has 0 aliphatic carbocycles. The molecule has 1 aliphatic heterocycles. The molecule has 2 aromatic carbocycles. The van der Waals surface area contributed by atoms with Gasteiger partial charge in [-0.1, -0.05) is 23.8 Å². The molecule has 0 spiro atoms. The first-order valence-corrected chi connectivity index (χ1v) is 7.16. The van der Waals surface area contributed by atoms with E-state index in [0.717, 1.165) is 16.7 Å². The number of hydrogen-bond acceptors (Lipinski definition) is 3. The van der Waals surface area contributed by atoms with E-state index in [2.05, 4.69) is 0 Å². The number of hydrogen-bond donors (Lipinski definition) is 2. The summed E-state index contributed by atoms with van der Waals surface area (Å²) in [5.74, 6) is -0.360. The number of phenols is 1. The first-order chi connectivity index (χ1) is 10.3. The standard InChI is InChI=1S/C18H18O4/c1-10-4-5-13-12(6-10)17-14(19)7-11(9-16(20)21)8-15(17)22-18(13,2)3/h4-8,19H,9H2,1-3H3,(H,20,21). The molecule has 114 valence electrons. The van der Waals surface area contributed by atoms with E-state index >= 15 is 0 Å². The van der Waals surface area contributed by atoms with Gasteiger partial charge < -0.3 is 14.9 Å². The predicted molar refractivity (Wildman–Crippen MR) is 83.3 cm³/mol. The third kappa shape index (κ3) is 2.30. The number of aliphatic carboxylic acids is 1. The second-order valence-corrected chi connectivity index (χ2v) is 6.22. The molecule has 0 amide bonds. The molecule has 2 aromatic rings. The number of aromatic hydroxyl groups is 1. The first-order valence-electron chi connectivity index (χ1n) is 7.16. The van der Waals surface area contributed by atoms with Crippen molar-refractivity contribution in [3.63, 3.8) is 0 Å². The Morgan fingerprint density at radius 3 is 2.64 bits per heavy atom. The first kappa shape index (κ1) is 14.4. The molecule has 0 bridgehead atoms. The lowest BCUT2D eigenvalue weighted by atomic mass is 9.84. The monoisotopic (exact) mass is 298 g/mol. The summed E-state index contributed by atoms with van der Waals surface area (Å²) in [6.07, 6.45) is -0.148. The molecule has 1 aliphatic rings. The van der Waals surface area contributed by atoms with E-state index in [1.54, 1.807) is 6.07 Å². The zero-order valence-corrected chi connectivity index (χ0v) is 12.8. The highest BCUT2D eigenvalue weighted by atomic mass is 16.5. The molecule has 0 aromatic heterocycles. The van der Waals surface area contributed by atoms with Crippen LogP contribution in [0.2, 0.25) is 0 Å². The van der Waals surface area contributed by atoms with Crippen LogP contribution in [0.25, 0.3) is 11.1 Å². The Kier molecular flexibility index (Phi) is 3.13. The predicted octanol–water partition coefficient (Wildman–Crippen LogP) is 3.62. The lowest BCUT2D eigenvalue weighted by Gasteiger charge is -2.35. The Balaban J connectivity index is 2.24. The summed E-state index contributed by atoms with van der Waals surface area (Å²) >= 11 is 0. The van der Waals surface area contributed by atoms with E-state index in [0.29, 0.717) is 16.9 Å². The normalized spacial score (nSPS) is 14.7. The van der Waals surface area contributed by atoms with Crippen molar-refractivity contribution in [1.82, 2.24) is 0 Å². The van der Waals surface area contributed by atoms with Crippen molar-refractivity contribution in [2.45, 2.75) is 32.8 Å². The summed E-state index contributed by atoms with van der Waals surface area (Å²) < 4.78 is 6.04. The Bertz CT molecular complexity index is 775. The number of aryl methyl sites for hydroxylation is 1. The minimum atomic E-state index is -0.939. The zero-order valence-electron chi connectivity index (χ0n) is 12.8. The number of carboxylic acids is 1. The van der Waals surface area contributed by atoms with Gasteiger partial charge >= 0.3 is 5.97 Å². The van der Waals surface area contributed by atoms with E-state index in [1.807, 2.05) is 39.0 Å². The van der Waals surface area contributed by atoms with Gasteiger partial charge in [-0.2, -0.15) is 0 Å². The van der Waals surface area contributed by atoms with Crippen LogP contribution in [0.1, 0.15) is 30.5 Å². The summed E-state index contributed by atoms with van der Waals surface area (Å²) in [6.45, 7) is 5.92. The van der Waals surface area contributed by atoms with Gasteiger partial charge in [0.2, 0.25) is 0 Å². The second-order valence-electron chi connectivity index (χ2n) is 6.22. The van der Waals surface area contributed by atoms with Crippen LogP contribution in [-0.4, -0.2) is 16.2 Å². The molecule has 0 radical (unpaired) electrons. The van der Waals surface area contributed by atoms with E-state index in [1.165, 1.54) is 6.07 Å². The van der Waals surface area contributed by atoms with Gasteiger partial charge in [0.25, 0.3) is 0 Å². The lowest BCUT2D eigenvalue weighted by Crippen LogP contribution is -2.29. The quantitative estimate of drug-likeness (QED) is 0.888. The summed E-state index contributed by atoms with van der Waals surface area (Å²) in [6, 6.07) is 9.26. The highest BCUT2D eigenvalue weighted by Crippen LogP contribution is 2.49. The summed E-state index contributed by atoms with van der Waals surface area (Å²) in [5, 5.41) is 19.3. The van der Waals surface area contributed by atoms with Crippen LogP contribution in [0, 0.1) is 6.92 Å². The van der Waals surface area contributed by atoms with Crippen molar-refractivity contribution in [2.24, 2.45) is 0 Å². The van der Waals surface area contributed by atoms with Crippen LogP contribution in [0.15, 0.2) is 30.3 Å². The molecule has 0 unspecified atom stereocenters. The van der Waals surface area contributed by atoms with Gasteiger partial charge in [-0.3, -0.25) is 4.79 Å². The molecule has 4 heteroatoms. The maximum Gasteiger partial charge on any atom is 0.307 e. The molecule has 0 fully saturated rings. The molecule has 0 atom stereocenters. The van der Waals surface area contributed by atoms with Crippen LogP contribution < -0.4 is 4.74 Å². The smallest absolute Gasteiger partial charge is 0.307 e. The number of ether oxygens (including phenoxy) is 1. The zero-order chi connectivity index (χ0) is 16.1. The number of rotatable bonds is 2. The average molecular weight is 298 g/mol. The van der Waals surface area contributed by atoms with Crippen molar-refractivity contribution >= 4 is 5.97 Å². The number of fused-ring (bicyclic) bond motifs is 3. The maximum atomic E-state index is 10.9. The second kappa shape index (κ2) is 4.77. The van der Waals surface area contributed by atoms with E-state index < -0.39 is 11.6 Å². The van der Waals surface area contributed by atoms with Gasteiger partial charge in [-0.25, -0.2) is 0 Å². The molecule has 0 saturated carbocycles. The Hall–Kier alpha value is -2.49. The molecule has 22 heavy (non-hydrogen) atoms. The van der Waals surface area contributed by atoms with Crippen molar-refractivity contribution in [1.29, 1.82) is 0 Å². The molecule has 0 saturated heterocycles. The fourth-order valence-corrected chi connectivity index (χ4v) is 3.00. The van der Waals surface area contributed by atoms with E-state index in [-0.39, 0.29) is 12.2 Å². The average Bonchev–Trinajstić information content (AvgIpc) is 2.35. The van der Waals surface area contributed by atoms with Crippen LogP contribution in [-0.2, 0) is 16.8 Å². The molecular formula is C18H18O4. The Morgan fingerprint density at radius 1 is 1.23 bits per heavy atom. The summed E-state index contributed by atoms with van der Waals surface area (Å²) in [7, 11) is 0. The molecule has 4 nitrogen and oxygen atoms in total. The van der Waals surface area contributed by atoms with Crippen molar-refractivity contribution < 1.29 is 19.7 Å². The van der Waals surface area contributed by atoms with Crippen molar-refractivity contribution in [3.05, 3.63) is 47.0 Å². The Morgan fingerprint density at radius 2 is 1.95 bits per heavy atom. The van der Waals surface area contributed by atoms with Crippen molar-refractivity contribution in [2.75, 3.05) is 0 Å². The van der Waals surface area contributed by atoms with Gasteiger partial charge in [-0.15, -0.1) is 0 Å². The number of carboxylic acid groups (broad SMARTS) is 1. The minimum Gasteiger partial charge on any atom is -0.507 e. The fraction of sp³-hybridized carbons (Fsp3) is 0.278. The molecular weight excluding hydrogens is 280 g/mol. The topological polar surface area (TPSA) is 66.8 Å². The maximum absolute atomic E-state index is 10.9. The summed E-state index contributed by atoms with van der Waals surface area (Å²) in [4.78, 5) is 10.9. The van der Waals surface area contributed by atoms with Gasteiger partial charge in [-0.05, 0) is 44.0 Å². The van der Waals surface area contributed by atoms with Gasteiger partial charge in [0.05, 0.1) is 12.0 Å². The van der Waals surface area contributed by atoms with Crippen LogP contribution in [0.5, 0.6) is 11.5 Å². The largest absolute Gasteiger partial charge is 0.507 e. The SMILES string of the molecule is Cc1ccc2c(c1)-c1c(O)cc(CC(=O)O)cc1OC2(C)C. The highest BCUT2D eigenvalue weighted by molar-refractivity contribution is 5.83. The third-order valence-corrected chi connectivity index (χ3v) is 3.95. The van der Waals surface area contributed by atoms with Gasteiger partial charge in [0.15, 0.2) is 0 Å². The third-order valence-electron chi connectivity index (χ3n) is 3.95. The minimum absolute atomic E-state index is 0.0519. The summed E-state index contributed by atoms with van der Waals surface area (Å²) in [5.41, 5.74) is 3.65. The van der Waals surface area contributed by atoms with Crippen LogP contribution >= 0.6 is 0 Å². The van der Waals surface area contributed by atoms with E-state index in [4.69, 9.17) is 9.84 Å². The number of phenolic OH excluding ortho intramolecular Hbond substituents is 1. The molecule has 3 rings (SSSR count). The van der Waals surface area contributed by atoms with Crippen molar-refractivity contribution in [3.8, 4) is 22.6 Å². The molecule has 1 heterocycles. The van der Waals surface area contributed by atoms with E-state index in [9.17, 15) is 9.90 Å². The Labute approximate surface area is 129 Å². The highest BCUT2D eigenvalue weighted by Gasteiger charge is 2.34. The number of benzene rings is 2. The van der Waals surface area contributed by atoms with Crippen LogP contribution in [0.4, 0.5) is 0 Å². The number of carbonyl (C=O) groups is 1. The van der Waals surface area contributed by atoms with Gasteiger partial charge in [0, 0.05) is 5.56 Å². The van der Waals surface area contributed by atoms with Gasteiger partial charge in [0.1, 0.15) is 17.1 Å². The van der Waals surface area contributed by atoms with Crippen LogP contribution in [0.3, 0.4) is 0 Å². The lowest BCUT2D eigenvalue weighted by molar-refractivity contribution is -0.136.